The Morgan fingerprint density at radius 3 is 2.93 bits per heavy atom. The summed E-state index contributed by atoms with van der Waals surface area (Å²) in [6.45, 7) is 1.60. The Labute approximate surface area is 82.7 Å². The number of carbonyl (C=O) groups is 1. The molecule has 6 heteroatoms. The smallest absolute Gasteiger partial charge is 0.303 e. The predicted molar refractivity (Wildman–Crippen MR) is 48.5 cm³/mol. The standard InChI is InChI=1S/C8H13BO5/c1-3(10)13-7-6-5(14-8(7)9)4(11)2-12-6/h4-8,11H,2,9H2,1H3/t4-,5?,6+,7-,8-/m1/s1. The SMILES string of the molecule is B[C@@H]1OC2[C@H](O)CO[C@@H]2[C@H]1OC(C)=O. The van der Waals surface area contributed by atoms with Crippen LogP contribution >= 0.6 is 0 Å². The molecule has 1 unspecified atom stereocenters. The molecule has 0 aromatic carbocycles. The number of ether oxygens (including phenoxy) is 3. The topological polar surface area (TPSA) is 65.0 Å². The molecule has 5 nitrogen and oxygen atoms in total. The Morgan fingerprint density at radius 2 is 2.29 bits per heavy atom. The van der Waals surface area contributed by atoms with Crippen LogP contribution in [0.4, 0.5) is 0 Å². The van der Waals surface area contributed by atoms with Crippen molar-refractivity contribution in [2.45, 2.75) is 37.3 Å². The summed E-state index contributed by atoms with van der Waals surface area (Å²) in [5.74, 6) is -0.351. The van der Waals surface area contributed by atoms with Gasteiger partial charge in [-0.25, -0.2) is 0 Å². The molecule has 0 spiro atoms. The van der Waals surface area contributed by atoms with E-state index in [1.165, 1.54) is 6.92 Å². The first-order chi connectivity index (χ1) is 6.59. The molecule has 0 aromatic heterocycles. The van der Waals surface area contributed by atoms with Gasteiger partial charge in [0, 0.05) is 6.92 Å². The molecule has 0 aliphatic carbocycles. The van der Waals surface area contributed by atoms with Crippen molar-refractivity contribution < 1.29 is 24.1 Å². The van der Waals surface area contributed by atoms with E-state index in [2.05, 4.69) is 0 Å². The van der Waals surface area contributed by atoms with Crippen LogP contribution in [0, 0.1) is 0 Å². The van der Waals surface area contributed by atoms with Crippen molar-refractivity contribution in [1.29, 1.82) is 0 Å². The molecule has 5 atom stereocenters. The highest BCUT2D eigenvalue weighted by Gasteiger charge is 2.52. The molecular formula is C8H13BO5. The molecule has 1 N–H and O–H groups in total. The second-order valence-electron chi connectivity index (χ2n) is 3.75. The van der Waals surface area contributed by atoms with E-state index >= 15 is 0 Å². The molecule has 0 amide bonds. The van der Waals surface area contributed by atoms with Crippen LogP contribution in [0.5, 0.6) is 0 Å². The number of aliphatic hydroxyl groups is 1. The summed E-state index contributed by atoms with van der Waals surface area (Å²) in [6, 6.07) is -0.219. The molecular weight excluding hydrogens is 187 g/mol. The van der Waals surface area contributed by atoms with Crippen LogP contribution in [-0.4, -0.2) is 55.9 Å². The van der Waals surface area contributed by atoms with Crippen molar-refractivity contribution in [2.24, 2.45) is 0 Å². The predicted octanol–water partition coefficient (Wildman–Crippen LogP) is -1.96. The van der Waals surface area contributed by atoms with Gasteiger partial charge in [0.05, 0.1) is 12.6 Å². The van der Waals surface area contributed by atoms with E-state index in [9.17, 15) is 9.90 Å². The molecule has 2 heterocycles. The van der Waals surface area contributed by atoms with Crippen molar-refractivity contribution >= 4 is 13.8 Å². The number of hydrogen-bond donors (Lipinski definition) is 1. The largest absolute Gasteiger partial charge is 0.458 e. The third kappa shape index (κ3) is 1.53. The Kier molecular flexibility index (Phi) is 2.51. The van der Waals surface area contributed by atoms with Crippen LogP contribution in [0.2, 0.25) is 0 Å². The first-order valence-corrected chi connectivity index (χ1v) is 4.72. The third-order valence-corrected chi connectivity index (χ3v) is 2.62. The van der Waals surface area contributed by atoms with E-state index < -0.39 is 12.2 Å². The van der Waals surface area contributed by atoms with Crippen molar-refractivity contribution in [3.63, 3.8) is 0 Å². The van der Waals surface area contributed by atoms with Crippen LogP contribution < -0.4 is 0 Å². The van der Waals surface area contributed by atoms with Gasteiger partial charge in [-0.3, -0.25) is 4.79 Å². The Balaban J connectivity index is 2.07. The lowest BCUT2D eigenvalue weighted by Gasteiger charge is -2.18. The number of fused-ring (bicyclic) bond motifs is 1. The van der Waals surface area contributed by atoms with Crippen LogP contribution in [-0.2, 0) is 19.0 Å². The highest BCUT2D eigenvalue weighted by Crippen LogP contribution is 2.31. The fourth-order valence-electron chi connectivity index (χ4n) is 2.02. The Hall–Kier alpha value is -0.585. The first-order valence-electron chi connectivity index (χ1n) is 4.72. The van der Waals surface area contributed by atoms with Gasteiger partial charge < -0.3 is 19.3 Å². The lowest BCUT2D eigenvalue weighted by Crippen LogP contribution is -2.36. The molecule has 0 radical (unpaired) electrons. The molecule has 0 aromatic rings. The van der Waals surface area contributed by atoms with E-state index in [0.29, 0.717) is 0 Å². The molecule has 14 heavy (non-hydrogen) atoms. The second kappa shape index (κ2) is 3.53. The molecule has 2 fully saturated rings. The summed E-state index contributed by atoms with van der Waals surface area (Å²) in [7, 11) is 1.81. The Bertz CT molecular complexity index is 246. The van der Waals surface area contributed by atoms with Gasteiger partial charge in [0.25, 0.3) is 0 Å². The zero-order chi connectivity index (χ0) is 10.3. The summed E-state index contributed by atoms with van der Waals surface area (Å²) < 4.78 is 15.9. The van der Waals surface area contributed by atoms with Gasteiger partial charge >= 0.3 is 5.97 Å². The molecule has 0 bridgehead atoms. The van der Waals surface area contributed by atoms with Crippen LogP contribution in [0.25, 0.3) is 0 Å². The second-order valence-corrected chi connectivity index (χ2v) is 3.75. The van der Waals surface area contributed by atoms with E-state index in [-0.39, 0.29) is 30.8 Å². The fraction of sp³-hybridized carbons (Fsp3) is 0.875. The van der Waals surface area contributed by atoms with E-state index in [1.54, 1.807) is 0 Å². The minimum atomic E-state index is -0.608. The maximum atomic E-state index is 10.8. The molecule has 2 saturated heterocycles. The summed E-state index contributed by atoms with van der Waals surface area (Å²) in [6.07, 6.45) is -1.67. The zero-order valence-corrected chi connectivity index (χ0v) is 8.17. The van der Waals surface area contributed by atoms with Gasteiger partial charge in [0.1, 0.15) is 32.3 Å². The van der Waals surface area contributed by atoms with Gasteiger partial charge in [0.15, 0.2) is 0 Å². The van der Waals surface area contributed by atoms with Gasteiger partial charge in [-0.1, -0.05) is 0 Å². The number of carbonyl (C=O) groups excluding carboxylic acids is 1. The number of hydrogen-bond acceptors (Lipinski definition) is 5. The molecule has 78 valence electrons. The molecule has 2 aliphatic rings. The Morgan fingerprint density at radius 1 is 1.57 bits per heavy atom. The average Bonchev–Trinajstić information content (AvgIpc) is 2.57. The lowest BCUT2D eigenvalue weighted by molar-refractivity contribution is -0.152. The summed E-state index contributed by atoms with van der Waals surface area (Å²) in [5.41, 5.74) is 0. The number of esters is 1. The molecule has 0 saturated carbocycles. The van der Waals surface area contributed by atoms with Crippen molar-refractivity contribution in [1.82, 2.24) is 0 Å². The minimum Gasteiger partial charge on any atom is -0.458 e. The van der Waals surface area contributed by atoms with Crippen molar-refractivity contribution in [3.05, 3.63) is 0 Å². The van der Waals surface area contributed by atoms with Crippen molar-refractivity contribution in [2.75, 3.05) is 6.61 Å². The quantitative estimate of drug-likeness (QED) is 0.393. The van der Waals surface area contributed by atoms with E-state index in [1.807, 2.05) is 7.85 Å². The molecule has 2 aliphatic heterocycles. The monoisotopic (exact) mass is 200 g/mol. The fourth-order valence-corrected chi connectivity index (χ4v) is 2.02. The third-order valence-electron chi connectivity index (χ3n) is 2.62. The van der Waals surface area contributed by atoms with Crippen LogP contribution in [0.3, 0.4) is 0 Å². The number of aliphatic hydroxyl groups excluding tert-OH is 1. The van der Waals surface area contributed by atoms with Crippen molar-refractivity contribution in [3.8, 4) is 0 Å². The minimum absolute atomic E-state index is 0.219. The van der Waals surface area contributed by atoms with Gasteiger partial charge in [-0.05, 0) is 0 Å². The molecule has 2 rings (SSSR count). The van der Waals surface area contributed by atoms with E-state index in [0.717, 1.165) is 0 Å². The highest BCUT2D eigenvalue weighted by molar-refractivity contribution is 6.11. The van der Waals surface area contributed by atoms with E-state index in [4.69, 9.17) is 14.2 Å². The zero-order valence-electron chi connectivity index (χ0n) is 8.17. The maximum absolute atomic E-state index is 10.8. The van der Waals surface area contributed by atoms with Crippen LogP contribution in [0.15, 0.2) is 0 Å². The number of rotatable bonds is 1. The summed E-state index contributed by atoms with van der Waals surface area (Å²) >= 11 is 0. The van der Waals surface area contributed by atoms with Gasteiger partial charge in [-0.15, -0.1) is 0 Å². The summed E-state index contributed by atoms with van der Waals surface area (Å²) in [4.78, 5) is 10.8. The van der Waals surface area contributed by atoms with Gasteiger partial charge in [-0.2, -0.15) is 0 Å². The summed E-state index contributed by atoms with van der Waals surface area (Å²) in [5, 5.41) is 9.48. The first kappa shape index (κ1) is 9.95. The highest BCUT2D eigenvalue weighted by atomic mass is 16.6. The lowest BCUT2D eigenvalue weighted by atomic mass is 9.93. The average molecular weight is 200 g/mol. The normalized spacial score (nSPS) is 46.3. The van der Waals surface area contributed by atoms with Crippen LogP contribution in [0.1, 0.15) is 6.92 Å². The maximum Gasteiger partial charge on any atom is 0.303 e. The van der Waals surface area contributed by atoms with Gasteiger partial charge in [0.2, 0.25) is 0 Å².